The van der Waals surface area contributed by atoms with Crippen LogP contribution in [0.25, 0.3) is 0 Å². The number of carbonyl (C=O) groups excluding carboxylic acids is 1. The zero-order chi connectivity index (χ0) is 11.1. The van der Waals surface area contributed by atoms with Gasteiger partial charge >= 0.3 is 0 Å². The summed E-state index contributed by atoms with van der Waals surface area (Å²) in [5, 5.41) is 2.06. The van der Waals surface area contributed by atoms with Gasteiger partial charge in [0.25, 0.3) is 0 Å². The van der Waals surface area contributed by atoms with Crippen molar-refractivity contribution < 1.29 is 4.79 Å². The molecule has 0 bridgehead atoms. The molecule has 0 N–H and O–H groups in total. The first-order chi connectivity index (χ1) is 7.24. The van der Waals surface area contributed by atoms with Gasteiger partial charge in [-0.2, -0.15) is 0 Å². The van der Waals surface area contributed by atoms with Crippen LogP contribution in [0.1, 0.15) is 17.7 Å². The fourth-order valence-corrected chi connectivity index (χ4v) is 2.10. The molecule has 0 aliphatic heterocycles. The summed E-state index contributed by atoms with van der Waals surface area (Å²) in [6, 6.07) is 4.14. The van der Waals surface area contributed by atoms with Gasteiger partial charge in [0.1, 0.15) is 0 Å². The summed E-state index contributed by atoms with van der Waals surface area (Å²) in [5.41, 5.74) is 0. The molecule has 1 rings (SSSR count). The van der Waals surface area contributed by atoms with Crippen LogP contribution in [0, 0.1) is 0 Å². The average Bonchev–Trinajstić information content (AvgIpc) is 2.75. The van der Waals surface area contributed by atoms with Gasteiger partial charge in [-0.1, -0.05) is 6.07 Å². The third-order valence-corrected chi connectivity index (χ3v) is 3.43. The molecule has 1 aromatic heterocycles. The summed E-state index contributed by atoms with van der Waals surface area (Å²) >= 11 is 7.27. The van der Waals surface area contributed by atoms with Crippen LogP contribution in [0.5, 0.6) is 0 Å². The lowest BCUT2D eigenvalue weighted by molar-refractivity contribution is -0.129. The normalized spacial score (nSPS) is 10.3. The highest BCUT2D eigenvalue weighted by atomic mass is 35.5. The van der Waals surface area contributed by atoms with Crippen LogP contribution < -0.4 is 0 Å². The SMILES string of the molecule is CN(CCc1cccs1)C(=O)CCCCl. The second-order valence-corrected chi connectivity index (χ2v) is 4.85. The quantitative estimate of drug-likeness (QED) is 0.706. The van der Waals surface area contributed by atoms with Crippen molar-refractivity contribution in [2.24, 2.45) is 0 Å². The van der Waals surface area contributed by atoms with Crippen LogP contribution in [-0.4, -0.2) is 30.3 Å². The Kier molecular flexibility index (Phi) is 5.73. The molecule has 0 fully saturated rings. The van der Waals surface area contributed by atoms with E-state index in [4.69, 9.17) is 11.6 Å². The van der Waals surface area contributed by atoms with Crippen molar-refractivity contribution in [1.82, 2.24) is 4.90 Å². The lowest BCUT2D eigenvalue weighted by Gasteiger charge is -2.16. The number of likely N-dealkylation sites (N-methyl/N-ethyl adjacent to an activating group) is 1. The van der Waals surface area contributed by atoms with Crippen LogP contribution in [0.3, 0.4) is 0 Å². The van der Waals surface area contributed by atoms with E-state index in [9.17, 15) is 4.79 Å². The minimum Gasteiger partial charge on any atom is -0.345 e. The first-order valence-corrected chi connectivity index (χ1v) is 6.47. The molecule has 1 aromatic rings. The van der Waals surface area contributed by atoms with E-state index in [2.05, 4.69) is 11.4 Å². The largest absolute Gasteiger partial charge is 0.345 e. The van der Waals surface area contributed by atoms with Crippen molar-refractivity contribution in [1.29, 1.82) is 0 Å². The molecule has 1 heterocycles. The van der Waals surface area contributed by atoms with E-state index in [1.807, 2.05) is 13.1 Å². The lowest BCUT2D eigenvalue weighted by Crippen LogP contribution is -2.28. The molecule has 0 aliphatic carbocycles. The topological polar surface area (TPSA) is 20.3 Å². The Labute approximate surface area is 99.9 Å². The molecular weight excluding hydrogens is 230 g/mol. The highest BCUT2D eigenvalue weighted by molar-refractivity contribution is 7.09. The Hall–Kier alpha value is -0.540. The highest BCUT2D eigenvalue weighted by Crippen LogP contribution is 2.09. The Morgan fingerprint density at radius 2 is 2.40 bits per heavy atom. The Bertz CT molecular complexity index is 287. The first-order valence-electron chi connectivity index (χ1n) is 5.06. The van der Waals surface area contributed by atoms with E-state index in [0.29, 0.717) is 12.3 Å². The maximum Gasteiger partial charge on any atom is 0.222 e. The fourth-order valence-electron chi connectivity index (χ4n) is 1.27. The molecule has 84 valence electrons. The number of thiophene rings is 1. The van der Waals surface area contributed by atoms with Crippen LogP contribution in [0.2, 0.25) is 0 Å². The van der Waals surface area contributed by atoms with E-state index < -0.39 is 0 Å². The van der Waals surface area contributed by atoms with Gasteiger partial charge in [-0.25, -0.2) is 0 Å². The molecule has 2 nitrogen and oxygen atoms in total. The molecule has 4 heteroatoms. The molecule has 0 atom stereocenters. The monoisotopic (exact) mass is 245 g/mol. The van der Waals surface area contributed by atoms with Crippen molar-refractivity contribution >= 4 is 28.8 Å². The van der Waals surface area contributed by atoms with Gasteiger partial charge in [-0.05, 0) is 24.3 Å². The minimum absolute atomic E-state index is 0.187. The number of rotatable bonds is 6. The maximum absolute atomic E-state index is 11.5. The van der Waals surface area contributed by atoms with Crippen LogP contribution in [0.4, 0.5) is 0 Å². The number of hydrogen-bond donors (Lipinski definition) is 0. The first kappa shape index (κ1) is 12.5. The average molecular weight is 246 g/mol. The minimum atomic E-state index is 0.187. The second kappa shape index (κ2) is 6.85. The fraction of sp³-hybridized carbons (Fsp3) is 0.545. The summed E-state index contributed by atoms with van der Waals surface area (Å²) in [4.78, 5) is 14.6. The third-order valence-electron chi connectivity index (χ3n) is 2.22. The molecule has 0 radical (unpaired) electrons. The van der Waals surface area contributed by atoms with E-state index in [0.717, 1.165) is 19.4 Å². The van der Waals surface area contributed by atoms with Crippen LogP contribution >= 0.6 is 22.9 Å². The van der Waals surface area contributed by atoms with Gasteiger partial charge < -0.3 is 4.90 Å². The van der Waals surface area contributed by atoms with Gasteiger partial charge in [0.15, 0.2) is 0 Å². The molecule has 0 saturated carbocycles. The lowest BCUT2D eigenvalue weighted by atomic mass is 10.3. The predicted molar refractivity (Wildman–Crippen MR) is 65.6 cm³/mol. The van der Waals surface area contributed by atoms with Gasteiger partial charge in [0, 0.05) is 30.8 Å². The van der Waals surface area contributed by atoms with E-state index >= 15 is 0 Å². The molecular formula is C11H16ClNOS. The number of carbonyl (C=O) groups is 1. The highest BCUT2D eigenvalue weighted by Gasteiger charge is 2.07. The number of hydrogen-bond acceptors (Lipinski definition) is 2. The summed E-state index contributed by atoms with van der Waals surface area (Å²) < 4.78 is 0. The smallest absolute Gasteiger partial charge is 0.222 e. The van der Waals surface area contributed by atoms with E-state index in [1.165, 1.54) is 4.88 Å². The van der Waals surface area contributed by atoms with Gasteiger partial charge in [0.2, 0.25) is 5.91 Å². The zero-order valence-corrected chi connectivity index (χ0v) is 10.5. The molecule has 0 spiro atoms. The van der Waals surface area contributed by atoms with Crippen molar-refractivity contribution in [3.63, 3.8) is 0 Å². The van der Waals surface area contributed by atoms with Gasteiger partial charge in [0.05, 0.1) is 0 Å². The number of nitrogens with zero attached hydrogens (tertiary/aromatic N) is 1. The summed E-state index contributed by atoms with van der Waals surface area (Å²) in [6.07, 6.45) is 2.27. The maximum atomic E-state index is 11.5. The Morgan fingerprint density at radius 1 is 1.60 bits per heavy atom. The molecule has 0 aliphatic rings. The van der Waals surface area contributed by atoms with Crippen molar-refractivity contribution in [3.05, 3.63) is 22.4 Å². The zero-order valence-electron chi connectivity index (χ0n) is 8.91. The summed E-state index contributed by atoms with van der Waals surface area (Å²) in [5.74, 6) is 0.747. The molecule has 0 saturated heterocycles. The molecule has 0 aromatic carbocycles. The summed E-state index contributed by atoms with van der Waals surface area (Å²) in [7, 11) is 1.85. The van der Waals surface area contributed by atoms with Crippen molar-refractivity contribution in [2.75, 3.05) is 19.5 Å². The van der Waals surface area contributed by atoms with Crippen molar-refractivity contribution in [2.45, 2.75) is 19.3 Å². The van der Waals surface area contributed by atoms with Crippen LogP contribution in [-0.2, 0) is 11.2 Å². The molecule has 15 heavy (non-hydrogen) atoms. The molecule has 1 amide bonds. The number of alkyl halides is 1. The Balaban J connectivity index is 2.23. The van der Waals surface area contributed by atoms with E-state index in [1.54, 1.807) is 16.2 Å². The number of amides is 1. The third kappa shape index (κ3) is 4.67. The Morgan fingerprint density at radius 3 is 3.00 bits per heavy atom. The van der Waals surface area contributed by atoms with Gasteiger partial charge in [-0.15, -0.1) is 22.9 Å². The van der Waals surface area contributed by atoms with Crippen molar-refractivity contribution in [3.8, 4) is 0 Å². The molecule has 0 unspecified atom stereocenters. The summed E-state index contributed by atoms with van der Waals surface area (Å²) in [6.45, 7) is 0.793. The van der Waals surface area contributed by atoms with Gasteiger partial charge in [-0.3, -0.25) is 4.79 Å². The van der Waals surface area contributed by atoms with Crippen LogP contribution in [0.15, 0.2) is 17.5 Å². The second-order valence-electron chi connectivity index (χ2n) is 3.44. The predicted octanol–water partition coefficient (Wildman–Crippen LogP) is 2.77. The van der Waals surface area contributed by atoms with E-state index in [-0.39, 0.29) is 5.91 Å². The standard InChI is InChI=1S/C11H16ClNOS/c1-13(11(14)5-2-7-12)8-6-10-4-3-9-15-10/h3-4,9H,2,5-8H2,1H3. The number of halogens is 1.